The predicted octanol–water partition coefficient (Wildman–Crippen LogP) is 1.34. The molecule has 1 heterocycles. The Morgan fingerprint density at radius 2 is 1.67 bits per heavy atom. The van der Waals surface area contributed by atoms with Gasteiger partial charge in [-0.1, -0.05) is 0 Å². The maximum Gasteiger partial charge on any atom is 0.231 e. The number of amides is 1. The molecule has 0 unspecified atom stereocenters. The molecule has 0 radical (unpaired) electrons. The molecule has 0 N–H and O–H groups in total. The fraction of sp³-hybridized carbons (Fsp3) is 0.900. The Bertz CT molecular complexity index is 287. The Labute approximate surface area is 100 Å². The average Bonchev–Trinajstić information content (AvgIpc) is 2.67. The van der Waals surface area contributed by atoms with Gasteiger partial charge in [0.25, 0.3) is 0 Å². The van der Waals surface area contributed by atoms with E-state index in [0.717, 1.165) is 26.2 Å². The van der Waals surface area contributed by atoms with Gasteiger partial charge in [0.1, 0.15) is 4.33 Å². The molecule has 0 spiro atoms. The summed E-state index contributed by atoms with van der Waals surface area (Å²) in [5, 5.41) is 0. The maximum absolute atomic E-state index is 12.1. The van der Waals surface area contributed by atoms with Crippen LogP contribution in [0.4, 0.5) is 0 Å². The zero-order valence-corrected chi connectivity index (χ0v) is 10.6. The molecule has 0 bridgehead atoms. The van der Waals surface area contributed by atoms with Crippen LogP contribution in [-0.2, 0) is 4.79 Å². The number of hydrogen-bond acceptors (Lipinski definition) is 2. The summed E-state index contributed by atoms with van der Waals surface area (Å²) in [5.41, 5.74) is -0.550. The van der Waals surface area contributed by atoms with Gasteiger partial charge in [-0.2, -0.15) is 0 Å². The first-order valence-corrected chi connectivity index (χ1v) is 5.98. The van der Waals surface area contributed by atoms with E-state index in [2.05, 4.69) is 11.9 Å². The smallest absolute Gasteiger partial charge is 0.231 e. The van der Waals surface area contributed by atoms with E-state index in [0.29, 0.717) is 6.42 Å². The van der Waals surface area contributed by atoms with E-state index >= 15 is 0 Å². The van der Waals surface area contributed by atoms with E-state index in [-0.39, 0.29) is 5.91 Å². The summed E-state index contributed by atoms with van der Waals surface area (Å²) in [6, 6.07) is 0. The first kappa shape index (κ1) is 11.5. The fourth-order valence-corrected chi connectivity index (χ4v) is 2.69. The molecule has 3 nitrogen and oxygen atoms in total. The molecule has 86 valence electrons. The van der Waals surface area contributed by atoms with Crippen molar-refractivity contribution in [3.05, 3.63) is 0 Å². The van der Waals surface area contributed by atoms with Crippen molar-refractivity contribution in [3.63, 3.8) is 0 Å². The normalized spacial score (nSPS) is 35.3. The van der Waals surface area contributed by atoms with Crippen molar-refractivity contribution in [1.29, 1.82) is 0 Å². The molecule has 0 aromatic heterocycles. The molecular weight excluding hydrogens is 235 g/mol. The van der Waals surface area contributed by atoms with Crippen molar-refractivity contribution in [3.8, 4) is 0 Å². The van der Waals surface area contributed by atoms with Crippen molar-refractivity contribution in [2.24, 2.45) is 5.41 Å². The molecule has 1 atom stereocenters. The molecule has 2 aliphatic rings. The molecule has 1 aliphatic heterocycles. The van der Waals surface area contributed by atoms with Crippen LogP contribution in [-0.4, -0.2) is 53.3 Å². The van der Waals surface area contributed by atoms with Gasteiger partial charge in [0.05, 0.1) is 5.41 Å². The van der Waals surface area contributed by atoms with Crippen LogP contribution in [0, 0.1) is 5.41 Å². The standard InChI is InChI=1S/C10H16Cl2N2O/c1-9(7-10(9,11)12)8(15)14-5-3-13(2)4-6-14/h3-7H2,1-2H3/t9-/m1/s1. The Morgan fingerprint density at radius 3 is 2.07 bits per heavy atom. The Balaban J connectivity index is 1.98. The topological polar surface area (TPSA) is 23.6 Å². The molecule has 0 aromatic carbocycles. The number of hydrogen-bond donors (Lipinski definition) is 0. The van der Waals surface area contributed by atoms with E-state index in [9.17, 15) is 4.79 Å². The van der Waals surface area contributed by atoms with Gasteiger partial charge in [-0.05, 0) is 20.4 Å². The summed E-state index contributed by atoms with van der Waals surface area (Å²) in [6.45, 7) is 5.29. The summed E-state index contributed by atoms with van der Waals surface area (Å²) in [6.07, 6.45) is 0.578. The number of halogens is 2. The van der Waals surface area contributed by atoms with Gasteiger partial charge >= 0.3 is 0 Å². The first-order chi connectivity index (χ1) is 6.87. The highest BCUT2D eigenvalue weighted by atomic mass is 35.5. The minimum Gasteiger partial charge on any atom is -0.340 e. The van der Waals surface area contributed by atoms with Crippen molar-refractivity contribution in [2.75, 3.05) is 33.2 Å². The lowest BCUT2D eigenvalue weighted by molar-refractivity contribution is -0.138. The lowest BCUT2D eigenvalue weighted by Gasteiger charge is -2.34. The lowest BCUT2D eigenvalue weighted by atomic mass is 10.1. The van der Waals surface area contributed by atoms with Crippen LogP contribution in [0.3, 0.4) is 0 Å². The molecule has 0 aromatic rings. The number of likely N-dealkylation sites (N-methyl/N-ethyl adjacent to an activating group) is 1. The van der Waals surface area contributed by atoms with Crippen molar-refractivity contribution < 1.29 is 4.79 Å². The summed E-state index contributed by atoms with van der Waals surface area (Å²) < 4.78 is -0.840. The summed E-state index contributed by atoms with van der Waals surface area (Å²) in [4.78, 5) is 16.2. The van der Waals surface area contributed by atoms with Gasteiger partial charge in [-0.15, -0.1) is 23.2 Å². The highest BCUT2D eigenvalue weighted by molar-refractivity contribution is 6.53. The number of carbonyl (C=O) groups is 1. The van der Waals surface area contributed by atoms with Gasteiger partial charge in [0.15, 0.2) is 0 Å². The van der Waals surface area contributed by atoms with Gasteiger partial charge in [-0.25, -0.2) is 0 Å². The third-order valence-electron chi connectivity index (χ3n) is 3.52. The molecule has 1 aliphatic carbocycles. The zero-order valence-electron chi connectivity index (χ0n) is 9.09. The number of rotatable bonds is 1. The first-order valence-electron chi connectivity index (χ1n) is 5.22. The summed E-state index contributed by atoms with van der Waals surface area (Å²) in [5.74, 6) is 0.112. The highest BCUT2D eigenvalue weighted by Crippen LogP contribution is 2.64. The number of piperazine rings is 1. The largest absolute Gasteiger partial charge is 0.340 e. The monoisotopic (exact) mass is 250 g/mol. The van der Waals surface area contributed by atoms with Crippen molar-refractivity contribution in [1.82, 2.24) is 9.80 Å². The van der Waals surface area contributed by atoms with E-state index in [1.54, 1.807) is 0 Å². The van der Waals surface area contributed by atoms with Crippen LogP contribution in [0.1, 0.15) is 13.3 Å². The molecule has 1 saturated heterocycles. The lowest BCUT2D eigenvalue weighted by Crippen LogP contribution is -2.49. The van der Waals surface area contributed by atoms with E-state index < -0.39 is 9.75 Å². The number of nitrogens with zero attached hydrogens (tertiary/aromatic N) is 2. The third kappa shape index (κ3) is 1.85. The number of alkyl halides is 2. The SMILES string of the molecule is CN1CCN(C(=O)[C@@]2(C)CC2(Cl)Cl)CC1. The maximum atomic E-state index is 12.1. The minimum atomic E-state index is -0.840. The van der Waals surface area contributed by atoms with Crippen LogP contribution >= 0.6 is 23.2 Å². The third-order valence-corrected chi connectivity index (χ3v) is 4.62. The van der Waals surface area contributed by atoms with Gasteiger partial charge < -0.3 is 9.80 Å². The fourth-order valence-electron chi connectivity index (χ4n) is 1.99. The highest BCUT2D eigenvalue weighted by Gasteiger charge is 2.68. The second-order valence-corrected chi connectivity index (χ2v) is 6.29. The van der Waals surface area contributed by atoms with Gasteiger partial charge in [-0.3, -0.25) is 4.79 Å². The predicted molar refractivity (Wildman–Crippen MR) is 61.2 cm³/mol. The molecular formula is C10H16Cl2N2O. The van der Waals surface area contributed by atoms with Crippen LogP contribution < -0.4 is 0 Å². The van der Waals surface area contributed by atoms with E-state index in [4.69, 9.17) is 23.2 Å². The summed E-state index contributed by atoms with van der Waals surface area (Å²) >= 11 is 12.0. The second kappa shape index (κ2) is 3.51. The molecule has 2 rings (SSSR count). The van der Waals surface area contributed by atoms with Gasteiger partial charge in [0, 0.05) is 26.2 Å². The van der Waals surface area contributed by atoms with Crippen LogP contribution in [0.5, 0.6) is 0 Å². The van der Waals surface area contributed by atoms with Crippen LogP contribution in [0.25, 0.3) is 0 Å². The average molecular weight is 251 g/mol. The molecule has 2 fully saturated rings. The van der Waals surface area contributed by atoms with Crippen LogP contribution in [0.2, 0.25) is 0 Å². The summed E-state index contributed by atoms with van der Waals surface area (Å²) in [7, 11) is 2.06. The second-order valence-electron chi connectivity index (χ2n) is 4.81. The van der Waals surface area contributed by atoms with Crippen LogP contribution in [0.15, 0.2) is 0 Å². The molecule has 15 heavy (non-hydrogen) atoms. The Morgan fingerprint density at radius 1 is 1.20 bits per heavy atom. The number of carbonyl (C=O) groups excluding carboxylic acids is 1. The Kier molecular flexibility index (Phi) is 2.69. The quantitative estimate of drug-likeness (QED) is 0.657. The van der Waals surface area contributed by atoms with Crippen molar-refractivity contribution in [2.45, 2.75) is 17.7 Å². The molecule has 1 amide bonds. The minimum absolute atomic E-state index is 0.112. The van der Waals surface area contributed by atoms with Gasteiger partial charge in [0.2, 0.25) is 5.91 Å². The van der Waals surface area contributed by atoms with E-state index in [1.807, 2.05) is 11.8 Å². The molecule has 5 heteroatoms. The zero-order chi connectivity index (χ0) is 11.3. The Hall–Kier alpha value is 0.01000. The van der Waals surface area contributed by atoms with E-state index in [1.165, 1.54) is 0 Å². The molecule has 1 saturated carbocycles. The van der Waals surface area contributed by atoms with Crippen molar-refractivity contribution >= 4 is 29.1 Å².